The molecule has 3 rings (SSSR count). The molecule has 0 saturated carbocycles. The number of nitrogens with two attached hydrogens (primary N) is 1. The summed E-state index contributed by atoms with van der Waals surface area (Å²) in [6, 6.07) is 8.45. The average Bonchev–Trinajstić information content (AvgIpc) is 2.39. The zero-order valence-corrected chi connectivity index (χ0v) is 11.3. The van der Waals surface area contributed by atoms with Crippen LogP contribution in [0.3, 0.4) is 0 Å². The molecule has 0 amide bonds. The molecule has 0 atom stereocenters. The number of nitrogens with zero attached hydrogens (tertiary/aromatic N) is 2. The highest BCUT2D eigenvalue weighted by Gasteiger charge is 2.17. The molecule has 0 unspecified atom stereocenters. The summed E-state index contributed by atoms with van der Waals surface area (Å²) in [6.07, 6.45) is 6.20. The van der Waals surface area contributed by atoms with Crippen LogP contribution in [0.15, 0.2) is 36.7 Å². The molecule has 0 fully saturated rings. The highest BCUT2D eigenvalue weighted by molar-refractivity contribution is 5.62. The van der Waals surface area contributed by atoms with Crippen molar-refractivity contribution in [2.24, 2.45) is 0 Å². The Bertz CT molecular complexity index is 592. The number of aryl methyl sites for hydroxylation is 2. The van der Waals surface area contributed by atoms with Crippen molar-refractivity contribution in [3.8, 4) is 0 Å². The van der Waals surface area contributed by atoms with E-state index < -0.39 is 0 Å². The molecule has 0 bridgehead atoms. The van der Waals surface area contributed by atoms with E-state index in [1.807, 2.05) is 18.5 Å². The zero-order valence-electron chi connectivity index (χ0n) is 11.3. The van der Waals surface area contributed by atoms with Gasteiger partial charge < -0.3 is 10.6 Å². The quantitative estimate of drug-likeness (QED) is 0.837. The van der Waals surface area contributed by atoms with Gasteiger partial charge in [-0.25, -0.2) is 0 Å². The minimum atomic E-state index is 0.841. The largest absolute Gasteiger partial charge is 0.399 e. The van der Waals surface area contributed by atoms with E-state index in [9.17, 15) is 0 Å². The molecule has 0 aliphatic carbocycles. The minimum absolute atomic E-state index is 0.841. The van der Waals surface area contributed by atoms with E-state index in [2.05, 4.69) is 35.0 Å². The second kappa shape index (κ2) is 4.92. The van der Waals surface area contributed by atoms with E-state index in [4.69, 9.17) is 5.73 Å². The van der Waals surface area contributed by atoms with Crippen molar-refractivity contribution >= 4 is 11.4 Å². The van der Waals surface area contributed by atoms with E-state index in [1.165, 1.54) is 28.8 Å². The maximum atomic E-state index is 5.92. The Kier molecular flexibility index (Phi) is 3.11. The molecular formula is C16H19N3. The molecule has 3 nitrogen and oxygen atoms in total. The van der Waals surface area contributed by atoms with Gasteiger partial charge in [0, 0.05) is 36.9 Å². The van der Waals surface area contributed by atoms with Gasteiger partial charge in [-0.15, -0.1) is 0 Å². The van der Waals surface area contributed by atoms with E-state index in [0.717, 1.165) is 25.2 Å². The number of benzene rings is 1. The molecular weight excluding hydrogens is 234 g/mol. The van der Waals surface area contributed by atoms with Crippen LogP contribution in [0.5, 0.6) is 0 Å². The second-order valence-electron chi connectivity index (χ2n) is 5.28. The molecule has 1 aromatic heterocycles. The Labute approximate surface area is 114 Å². The summed E-state index contributed by atoms with van der Waals surface area (Å²) in [5, 5.41) is 0. The molecule has 0 spiro atoms. The Morgan fingerprint density at radius 2 is 2.16 bits per heavy atom. The van der Waals surface area contributed by atoms with Crippen LogP contribution in [-0.4, -0.2) is 11.5 Å². The third-order valence-electron chi connectivity index (χ3n) is 3.63. The summed E-state index contributed by atoms with van der Waals surface area (Å²) in [4.78, 5) is 6.68. The number of aromatic nitrogens is 1. The highest BCUT2D eigenvalue weighted by Crippen LogP contribution is 2.30. The first-order valence-corrected chi connectivity index (χ1v) is 6.76. The summed E-state index contributed by atoms with van der Waals surface area (Å²) in [5.41, 5.74) is 11.9. The van der Waals surface area contributed by atoms with E-state index in [-0.39, 0.29) is 0 Å². The third-order valence-corrected chi connectivity index (χ3v) is 3.63. The molecule has 19 heavy (non-hydrogen) atoms. The predicted octanol–water partition coefficient (Wildman–Crippen LogP) is 2.93. The van der Waals surface area contributed by atoms with Gasteiger partial charge >= 0.3 is 0 Å². The van der Waals surface area contributed by atoms with Crippen molar-refractivity contribution < 1.29 is 0 Å². The Morgan fingerprint density at radius 3 is 3.00 bits per heavy atom. The fourth-order valence-corrected chi connectivity index (χ4v) is 2.76. The van der Waals surface area contributed by atoms with Crippen LogP contribution in [0.1, 0.15) is 23.1 Å². The fraction of sp³-hybridized carbons (Fsp3) is 0.312. The number of pyridine rings is 1. The summed E-state index contributed by atoms with van der Waals surface area (Å²) in [6.45, 7) is 4.08. The molecule has 98 valence electrons. The van der Waals surface area contributed by atoms with Crippen molar-refractivity contribution in [2.45, 2.75) is 26.3 Å². The number of hydrogen-bond donors (Lipinski definition) is 1. The first-order chi connectivity index (χ1) is 9.22. The van der Waals surface area contributed by atoms with Gasteiger partial charge in [-0.2, -0.15) is 0 Å². The van der Waals surface area contributed by atoms with E-state index in [0.29, 0.717) is 0 Å². The number of rotatable bonds is 2. The Morgan fingerprint density at radius 1 is 1.26 bits per heavy atom. The van der Waals surface area contributed by atoms with Gasteiger partial charge in [-0.05, 0) is 48.6 Å². The SMILES string of the molecule is Cc1cncc(CN2CCCc3ccc(N)cc32)c1. The molecule has 0 radical (unpaired) electrons. The molecule has 1 aliphatic heterocycles. The van der Waals surface area contributed by atoms with Crippen LogP contribution in [0.2, 0.25) is 0 Å². The van der Waals surface area contributed by atoms with Crippen LogP contribution in [0.4, 0.5) is 11.4 Å². The summed E-state index contributed by atoms with van der Waals surface area (Å²) >= 11 is 0. The Hall–Kier alpha value is -2.03. The predicted molar refractivity (Wildman–Crippen MR) is 79.2 cm³/mol. The van der Waals surface area contributed by atoms with Crippen molar-refractivity contribution in [1.29, 1.82) is 0 Å². The molecule has 2 heterocycles. The monoisotopic (exact) mass is 253 g/mol. The number of anilines is 2. The fourth-order valence-electron chi connectivity index (χ4n) is 2.76. The number of hydrogen-bond acceptors (Lipinski definition) is 3. The van der Waals surface area contributed by atoms with Crippen molar-refractivity contribution in [2.75, 3.05) is 17.2 Å². The lowest BCUT2D eigenvalue weighted by molar-refractivity contribution is 0.690. The van der Waals surface area contributed by atoms with Gasteiger partial charge in [0.05, 0.1) is 0 Å². The molecule has 1 aliphatic rings. The lowest BCUT2D eigenvalue weighted by Crippen LogP contribution is -2.29. The minimum Gasteiger partial charge on any atom is -0.399 e. The maximum absolute atomic E-state index is 5.92. The van der Waals surface area contributed by atoms with Gasteiger partial charge in [-0.3, -0.25) is 4.98 Å². The molecule has 1 aromatic carbocycles. The number of nitrogen functional groups attached to an aromatic ring is 1. The van der Waals surface area contributed by atoms with Crippen molar-refractivity contribution in [3.05, 3.63) is 53.3 Å². The van der Waals surface area contributed by atoms with Crippen LogP contribution >= 0.6 is 0 Å². The summed E-state index contributed by atoms with van der Waals surface area (Å²) in [7, 11) is 0. The highest BCUT2D eigenvalue weighted by atomic mass is 15.1. The van der Waals surface area contributed by atoms with E-state index >= 15 is 0 Å². The van der Waals surface area contributed by atoms with Gasteiger partial charge in [-0.1, -0.05) is 12.1 Å². The normalized spacial score (nSPS) is 14.3. The first kappa shape index (κ1) is 12.0. The Balaban J connectivity index is 1.89. The second-order valence-corrected chi connectivity index (χ2v) is 5.28. The van der Waals surface area contributed by atoms with Crippen molar-refractivity contribution in [1.82, 2.24) is 4.98 Å². The van der Waals surface area contributed by atoms with Gasteiger partial charge in [0.1, 0.15) is 0 Å². The summed E-state index contributed by atoms with van der Waals surface area (Å²) < 4.78 is 0. The first-order valence-electron chi connectivity index (χ1n) is 6.76. The zero-order chi connectivity index (χ0) is 13.2. The van der Waals surface area contributed by atoms with Gasteiger partial charge in [0.2, 0.25) is 0 Å². The average molecular weight is 253 g/mol. The van der Waals surface area contributed by atoms with Crippen LogP contribution in [-0.2, 0) is 13.0 Å². The molecule has 2 aromatic rings. The summed E-state index contributed by atoms with van der Waals surface area (Å²) in [5.74, 6) is 0. The van der Waals surface area contributed by atoms with Crippen molar-refractivity contribution in [3.63, 3.8) is 0 Å². The van der Waals surface area contributed by atoms with E-state index in [1.54, 1.807) is 0 Å². The van der Waals surface area contributed by atoms with Gasteiger partial charge in [0.15, 0.2) is 0 Å². The third kappa shape index (κ3) is 2.55. The lowest BCUT2D eigenvalue weighted by Gasteiger charge is -2.31. The van der Waals surface area contributed by atoms with Crippen LogP contribution < -0.4 is 10.6 Å². The molecule has 3 heteroatoms. The topological polar surface area (TPSA) is 42.2 Å². The maximum Gasteiger partial charge on any atom is 0.0444 e. The molecule has 2 N–H and O–H groups in total. The van der Waals surface area contributed by atoms with Crippen LogP contribution in [0, 0.1) is 6.92 Å². The smallest absolute Gasteiger partial charge is 0.0444 e. The van der Waals surface area contributed by atoms with Gasteiger partial charge in [0.25, 0.3) is 0 Å². The molecule has 0 saturated heterocycles. The number of fused-ring (bicyclic) bond motifs is 1. The lowest BCUT2D eigenvalue weighted by atomic mass is 10.0. The van der Waals surface area contributed by atoms with Crippen LogP contribution in [0.25, 0.3) is 0 Å². The standard InChI is InChI=1S/C16H19N3/c1-12-7-13(10-18-9-12)11-19-6-2-3-14-4-5-15(17)8-16(14)19/h4-5,7-10H,2-3,6,11,17H2,1H3.